The van der Waals surface area contributed by atoms with E-state index < -0.39 is 23.5 Å². The van der Waals surface area contributed by atoms with Crippen LogP contribution < -0.4 is 4.74 Å². The highest BCUT2D eigenvalue weighted by Crippen LogP contribution is 2.39. The van der Waals surface area contributed by atoms with Gasteiger partial charge in [0.05, 0.1) is 24.8 Å². The van der Waals surface area contributed by atoms with Gasteiger partial charge in [0.1, 0.15) is 17.3 Å². The molecule has 6 nitrogen and oxygen atoms in total. The van der Waals surface area contributed by atoms with Crippen molar-refractivity contribution in [1.82, 2.24) is 4.90 Å². The van der Waals surface area contributed by atoms with Gasteiger partial charge in [0.2, 0.25) is 0 Å². The number of halogens is 1. The summed E-state index contributed by atoms with van der Waals surface area (Å²) in [5, 5.41) is 11.1. The molecule has 0 spiro atoms. The lowest BCUT2D eigenvalue weighted by molar-refractivity contribution is -0.140. The number of hydrogen-bond donors (Lipinski definition) is 1. The van der Waals surface area contributed by atoms with Crippen LogP contribution >= 0.6 is 0 Å². The summed E-state index contributed by atoms with van der Waals surface area (Å²) in [5.74, 6) is -1.52. The number of hydrogen-bond acceptors (Lipinski definition) is 5. The van der Waals surface area contributed by atoms with E-state index in [1.807, 2.05) is 6.92 Å². The molecule has 1 heterocycles. The third kappa shape index (κ3) is 4.83. The maximum absolute atomic E-state index is 13.5. The Labute approximate surface area is 187 Å². The van der Waals surface area contributed by atoms with Crippen LogP contribution in [-0.2, 0) is 14.3 Å². The molecule has 0 saturated carbocycles. The fraction of sp³-hybridized carbons (Fsp3) is 0.360. The molecule has 1 aliphatic rings. The Morgan fingerprint density at radius 1 is 1.12 bits per heavy atom. The molecular formula is C25H28FNO5. The minimum Gasteiger partial charge on any atom is -0.507 e. The van der Waals surface area contributed by atoms with Crippen molar-refractivity contribution >= 4 is 17.4 Å². The molecule has 1 N–H and O–H groups in total. The topological polar surface area (TPSA) is 76.1 Å². The lowest BCUT2D eigenvalue weighted by Crippen LogP contribution is -2.32. The normalized spacial score (nSPS) is 17.8. The van der Waals surface area contributed by atoms with Crippen molar-refractivity contribution < 1.29 is 28.6 Å². The summed E-state index contributed by atoms with van der Waals surface area (Å²) >= 11 is 0. The standard InChI is InChI=1S/C25H28FNO5/c1-4-5-13-32-20-11-8-18(15-16(20)2)23(28)21-22(17-6-9-19(26)10-7-17)27(12-14-31-3)25(30)24(21)29/h6-11,15,22,28H,4-5,12-14H2,1-3H3/t22-/m1/s1. The summed E-state index contributed by atoms with van der Waals surface area (Å²) < 4.78 is 24.3. The van der Waals surface area contributed by atoms with Crippen molar-refractivity contribution in [3.8, 4) is 5.75 Å². The van der Waals surface area contributed by atoms with Crippen molar-refractivity contribution in [3.63, 3.8) is 0 Å². The Morgan fingerprint density at radius 3 is 2.47 bits per heavy atom. The predicted molar refractivity (Wildman–Crippen MR) is 119 cm³/mol. The maximum atomic E-state index is 13.5. The van der Waals surface area contributed by atoms with Gasteiger partial charge in [-0.2, -0.15) is 0 Å². The SMILES string of the molecule is CCCCOc1ccc(C(O)=C2C(=O)C(=O)N(CCOC)[C@@H]2c2ccc(F)cc2)cc1C. The van der Waals surface area contributed by atoms with Crippen LogP contribution in [0.3, 0.4) is 0 Å². The molecular weight excluding hydrogens is 413 g/mol. The first kappa shape index (κ1) is 23.5. The second-order valence-corrected chi connectivity index (χ2v) is 7.72. The van der Waals surface area contributed by atoms with E-state index in [2.05, 4.69) is 6.92 Å². The van der Waals surface area contributed by atoms with Gasteiger partial charge in [0.15, 0.2) is 0 Å². The zero-order valence-electron chi connectivity index (χ0n) is 18.6. The Hall–Kier alpha value is -3.19. The highest BCUT2D eigenvalue weighted by molar-refractivity contribution is 6.46. The zero-order valence-corrected chi connectivity index (χ0v) is 18.6. The molecule has 0 radical (unpaired) electrons. The summed E-state index contributed by atoms with van der Waals surface area (Å²) in [7, 11) is 1.50. The number of aryl methyl sites for hydroxylation is 1. The summed E-state index contributed by atoms with van der Waals surface area (Å²) in [6.07, 6.45) is 1.95. The van der Waals surface area contributed by atoms with Crippen molar-refractivity contribution in [1.29, 1.82) is 0 Å². The van der Waals surface area contributed by atoms with E-state index in [4.69, 9.17) is 9.47 Å². The molecule has 1 fully saturated rings. The third-order valence-electron chi connectivity index (χ3n) is 5.47. The summed E-state index contributed by atoms with van der Waals surface area (Å²) in [4.78, 5) is 27.0. The summed E-state index contributed by atoms with van der Waals surface area (Å²) in [5.41, 5.74) is 1.70. The number of carbonyl (C=O) groups excluding carboxylic acids is 2. The van der Waals surface area contributed by atoms with E-state index in [1.165, 1.54) is 36.3 Å². The van der Waals surface area contributed by atoms with E-state index in [0.29, 0.717) is 23.5 Å². The van der Waals surface area contributed by atoms with Crippen LogP contribution in [0.1, 0.15) is 42.5 Å². The van der Waals surface area contributed by atoms with Crippen LogP contribution in [0.2, 0.25) is 0 Å². The third-order valence-corrected chi connectivity index (χ3v) is 5.47. The summed E-state index contributed by atoms with van der Waals surface area (Å²) in [6.45, 7) is 4.90. The summed E-state index contributed by atoms with van der Waals surface area (Å²) in [6, 6.07) is 9.83. The zero-order chi connectivity index (χ0) is 23.3. The highest BCUT2D eigenvalue weighted by atomic mass is 19.1. The quantitative estimate of drug-likeness (QED) is 0.271. The highest BCUT2D eigenvalue weighted by Gasteiger charge is 2.45. The number of aliphatic hydroxyl groups excluding tert-OH is 1. The number of methoxy groups -OCH3 is 1. The monoisotopic (exact) mass is 441 g/mol. The van der Waals surface area contributed by atoms with Gasteiger partial charge < -0.3 is 19.5 Å². The van der Waals surface area contributed by atoms with Crippen molar-refractivity contribution in [3.05, 3.63) is 70.5 Å². The van der Waals surface area contributed by atoms with Crippen LogP contribution in [0.15, 0.2) is 48.0 Å². The molecule has 2 aromatic carbocycles. The molecule has 3 rings (SSSR count). The van der Waals surface area contributed by atoms with Gasteiger partial charge in [-0.3, -0.25) is 9.59 Å². The molecule has 0 aliphatic carbocycles. The molecule has 0 bridgehead atoms. The number of Topliss-reactive ketones (excluding diaryl/α,β-unsaturated/α-hetero) is 1. The molecule has 1 amide bonds. The number of nitrogens with zero attached hydrogens (tertiary/aromatic N) is 1. The number of carbonyl (C=O) groups is 2. The predicted octanol–water partition coefficient (Wildman–Crippen LogP) is 4.38. The van der Waals surface area contributed by atoms with Crippen LogP contribution in [0.4, 0.5) is 4.39 Å². The second-order valence-electron chi connectivity index (χ2n) is 7.72. The number of ketones is 1. The number of rotatable bonds is 9. The lowest BCUT2D eigenvalue weighted by Gasteiger charge is -2.25. The van der Waals surface area contributed by atoms with E-state index in [1.54, 1.807) is 18.2 Å². The maximum Gasteiger partial charge on any atom is 0.295 e. The Kier molecular flexibility index (Phi) is 7.64. The van der Waals surface area contributed by atoms with Gasteiger partial charge in [-0.25, -0.2) is 4.39 Å². The largest absolute Gasteiger partial charge is 0.507 e. The molecule has 1 atom stereocenters. The number of unbranched alkanes of at least 4 members (excludes halogenated alkanes) is 1. The average Bonchev–Trinajstić information content (AvgIpc) is 3.03. The first-order valence-electron chi connectivity index (χ1n) is 10.7. The molecule has 0 unspecified atom stereocenters. The van der Waals surface area contributed by atoms with E-state index in [-0.39, 0.29) is 24.5 Å². The first-order chi connectivity index (χ1) is 15.4. The average molecular weight is 441 g/mol. The van der Waals surface area contributed by atoms with Crippen molar-refractivity contribution in [2.45, 2.75) is 32.7 Å². The molecule has 7 heteroatoms. The van der Waals surface area contributed by atoms with Crippen LogP contribution in [0.25, 0.3) is 5.76 Å². The minimum atomic E-state index is -0.841. The second kappa shape index (κ2) is 10.4. The molecule has 32 heavy (non-hydrogen) atoms. The molecule has 2 aromatic rings. The van der Waals surface area contributed by atoms with Crippen molar-refractivity contribution in [2.75, 3.05) is 26.9 Å². The fourth-order valence-corrected chi connectivity index (χ4v) is 3.73. The van der Waals surface area contributed by atoms with E-state index >= 15 is 0 Å². The van der Waals surface area contributed by atoms with Crippen LogP contribution in [0.5, 0.6) is 5.75 Å². The van der Waals surface area contributed by atoms with Gasteiger partial charge >= 0.3 is 0 Å². The van der Waals surface area contributed by atoms with Gasteiger partial charge in [0, 0.05) is 19.2 Å². The first-order valence-corrected chi connectivity index (χ1v) is 10.7. The Balaban J connectivity index is 2.04. The number of aliphatic hydroxyl groups is 1. The lowest BCUT2D eigenvalue weighted by atomic mass is 9.94. The smallest absolute Gasteiger partial charge is 0.295 e. The van der Waals surface area contributed by atoms with E-state index in [9.17, 15) is 19.1 Å². The van der Waals surface area contributed by atoms with E-state index in [0.717, 1.165) is 18.4 Å². The molecule has 1 aliphatic heterocycles. The van der Waals surface area contributed by atoms with Gasteiger partial charge in [-0.05, 0) is 54.8 Å². The Bertz CT molecular complexity index is 1020. The minimum absolute atomic E-state index is 0.0308. The number of likely N-dealkylation sites (tertiary alicyclic amines) is 1. The number of ether oxygens (including phenoxy) is 2. The molecule has 170 valence electrons. The Morgan fingerprint density at radius 2 is 1.84 bits per heavy atom. The van der Waals surface area contributed by atoms with Gasteiger partial charge in [-0.15, -0.1) is 0 Å². The van der Waals surface area contributed by atoms with Crippen LogP contribution in [0, 0.1) is 12.7 Å². The molecule has 0 aromatic heterocycles. The number of amides is 1. The fourth-order valence-electron chi connectivity index (χ4n) is 3.73. The van der Waals surface area contributed by atoms with Gasteiger partial charge in [0.25, 0.3) is 11.7 Å². The molecule has 1 saturated heterocycles. The number of benzene rings is 2. The van der Waals surface area contributed by atoms with Crippen molar-refractivity contribution in [2.24, 2.45) is 0 Å². The van der Waals surface area contributed by atoms with Gasteiger partial charge in [-0.1, -0.05) is 25.5 Å². The van der Waals surface area contributed by atoms with Crippen LogP contribution in [-0.4, -0.2) is 48.6 Å².